The molecule has 3 aromatic rings. The van der Waals surface area contributed by atoms with Gasteiger partial charge in [-0.1, -0.05) is 41.9 Å². The average Bonchev–Trinajstić information content (AvgIpc) is 3.30. The third kappa shape index (κ3) is 3.44. The van der Waals surface area contributed by atoms with Crippen molar-refractivity contribution in [2.24, 2.45) is 0 Å². The number of hydrogen-bond acceptors (Lipinski definition) is 6. The van der Waals surface area contributed by atoms with Gasteiger partial charge < -0.3 is 4.52 Å². The molecular formula is C19H21N3O3S2. The van der Waals surface area contributed by atoms with Crippen molar-refractivity contribution in [2.75, 3.05) is 6.54 Å². The molecule has 27 heavy (non-hydrogen) atoms. The Bertz CT molecular complexity index is 1040. The van der Waals surface area contributed by atoms with Gasteiger partial charge in [-0.05, 0) is 32.8 Å². The van der Waals surface area contributed by atoms with E-state index < -0.39 is 10.0 Å². The third-order valence-corrected chi connectivity index (χ3v) is 8.18. The molecule has 1 aliphatic rings. The van der Waals surface area contributed by atoms with E-state index in [-0.39, 0.29) is 6.04 Å². The van der Waals surface area contributed by atoms with E-state index in [0.29, 0.717) is 28.0 Å². The van der Waals surface area contributed by atoms with E-state index >= 15 is 0 Å². The first kappa shape index (κ1) is 18.3. The van der Waals surface area contributed by atoms with Crippen molar-refractivity contribution in [3.8, 4) is 22.2 Å². The fraction of sp³-hybridized carbons (Fsp3) is 0.368. The Morgan fingerprint density at radius 2 is 2.00 bits per heavy atom. The Morgan fingerprint density at radius 1 is 1.22 bits per heavy atom. The second-order valence-electron chi connectivity index (χ2n) is 6.78. The van der Waals surface area contributed by atoms with Crippen LogP contribution < -0.4 is 0 Å². The van der Waals surface area contributed by atoms with Crippen LogP contribution in [0.3, 0.4) is 0 Å². The van der Waals surface area contributed by atoms with Crippen LogP contribution in [-0.2, 0) is 10.0 Å². The van der Waals surface area contributed by atoms with E-state index in [1.165, 1.54) is 11.3 Å². The molecule has 0 amide bonds. The number of hydrogen-bond donors (Lipinski definition) is 0. The van der Waals surface area contributed by atoms with Gasteiger partial charge >= 0.3 is 0 Å². The average molecular weight is 404 g/mol. The lowest BCUT2D eigenvalue weighted by Gasteiger charge is -2.32. The Kier molecular flexibility index (Phi) is 4.88. The number of piperidine rings is 1. The van der Waals surface area contributed by atoms with Crippen molar-refractivity contribution in [3.63, 3.8) is 0 Å². The maximum absolute atomic E-state index is 13.2. The molecule has 1 fully saturated rings. The van der Waals surface area contributed by atoms with E-state index in [2.05, 4.69) is 10.1 Å². The summed E-state index contributed by atoms with van der Waals surface area (Å²) in [6.07, 6.45) is 2.88. The fourth-order valence-corrected chi connectivity index (χ4v) is 6.59. The lowest BCUT2D eigenvalue weighted by molar-refractivity contribution is 0.268. The van der Waals surface area contributed by atoms with E-state index in [0.717, 1.165) is 29.7 Å². The van der Waals surface area contributed by atoms with E-state index in [4.69, 9.17) is 4.52 Å². The maximum Gasteiger partial charge on any atom is 0.268 e. The molecular weight excluding hydrogens is 382 g/mol. The Morgan fingerprint density at radius 3 is 2.74 bits per heavy atom. The molecule has 4 rings (SSSR count). The summed E-state index contributed by atoms with van der Waals surface area (Å²) in [6, 6.07) is 11.2. The van der Waals surface area contributed by atoms with Gasteiger partial charge in [0.15, 0.2) is 0 Å². The zero-order valence-electron chi connectivity index (χ0n) is 15.3. The van der Waals surface area contributed by atoms with E-state index in [1.54, 1.807) is 10.4 Å². The minimum absolute atomic E-state index is 0.0274. The van der Waals surface area contributed by atoms with Crippen LogP contribution in [0.2, 0.25) is 0 Å². The summed E-state index contributed by atoms with van der Waals surface area (Å²) in [4.78, 5) is 6.19. The Balaban J connectivity index is 1.67. The van der Waals surface area contributed by atoms with Crippen LogP contribution >= 0.6 is 11.3 Å². The van der Waals surface area contributed by atoms with Crippen molar-refractivity contribution in [1.82, 2.24) is 14.4 Å². The number of rotatable bonds is 4. The molecule has 1 atom stereocenters. The molecule has 1 unspecified atom stereocenters. The zero-order chi connectivity index (χ0) is 19.0. The molecule has 142 valence electrons. The Hall–Kier alpha value is -2.03. The first-order valence-electron chi connectivity index (χ1n) is 8.98. The second kappa shape index (κ2) is 7.18. The number of benzene rings is 1. The highest BCUT2D eigenvalue weighted by Crippen LogP contribution is 2.36. The van der Waals surface area contributed by atoms with Gasteiger partial charge in [0, 0.05) is 23.0 Å². The van der Waals surface area contributed by atoms with Gasteiger partial charge in [-0.2, -0.15) is 9.29 Å². The Labute approximate surface area is 162 Å². The molecule has 0 spiro atoms. The molecule has 0 bridgehead atoms. The lowest BCUT2D eigenvalue weighted by Crippen LogP contribution is -2.41. The van der Waals surface area contributed by atoms with Gasteiger partial charge in [-0.15, -0.1) is 11.3 Å². The smallest absolute Gasteiger partial charge is 0.268 e. The third-order valence-electron chi connectivity index (χ3n) is 4.87. The van der Waals surface area contributed by atoms with Gasteiger partial charge in [-0.3, -0.25) is 0 Å². The van der Waals surface area contributed by atoms with E-state index in [1.807, 2.05) is 44.2 Å². The largest absolute Gasteiger partial charge is 0.333 e. The van der Waals surface area contributed by atoms with Gasteiger partial charge in [0.25, 0.3) is 5.89 Å². The molecule has 3 heterocycles. The van der Waals surface area contributed by atoms with Gasteiger partial charge in [0.05, 0.1) is 9.77 Å². The number of nitrogens with zero attached hydrogens (tertiary/aromatic N) is 3. The van der Waals surface area contributed by atoms with Crippen molar-refractivity contribution in [3.05, 3.63) is 41.3 Å². The summed E-state index contributed by atoms with van der Waals surface area (Å²) in [6.45, 7) is 4.38. The molecule has 2 aromatic heterocycles. The van der Waals surface area contributed by atoms with Crippen molar-refractivity contribution < 1.29 is 12.9 Å². The lowest BCUT2D eigenvalue weighted by atomic mass is 10.1. The highest BCUT2D eigenvalue weighted by molar-refractivity contribution is 7.89. The van der Waals surface area contributed by atoms with Gasteiger partial charge in [0.2, 0.25) is 15.8 Å². The molecule has 8 heteroatoms. The first-order valence-corrected chi connectivity index (χ1v) is 11.2. The number of thiophene rings is 1. The van der Waals surface area contributed by atoms with Crippen LogP contribution in [0, 0.1) is 6.92 Å². The van der Waals surface area contributed by atoms with Gasteiger partial charge in [-0.25, -0.2) is 8.42 Å². The molecule has 0 saturated carbocycles. The quantitative estimate of drug-likeness (QED) is 0.648. The fourth-order valence-electron chi connectivity index (χ4n) is 3.41. The first-order chi connectivity index (χ1) is 13.0. The van der Waals surface area contributed by atoms with Crippen LogP contribution in [0.5, 0.6) is 0 Å². The highest BCUT2D eigenvalue weighted by atomic mass is 32.2. The maximum atomic E-state index is 13.2. The summed E-state index contributed by atoms with van der Waals surface area (Å²) in [5, 5.41) is 4.03. The minimum atomic E-state index is -3.52. The minimum Gasteiger partial charge on any atom is -0.333 e. The summed E-state index contributed by atoms with van der Waals surface area (Å²) >= 11 is 1.37. The molecule has 0 aliphatic carbocycles. The molecule has 0 radical (unpaired) electrons. The molecule has 6 nitrogen and oxygen atoms in total. The summed E-state index contributed by atoms with van der Waals surface area (Å²) < 4.78 is 33.3. The van der Waals surface area contributed by atoms with Crippen molar-refractivity contribution in [1.29, 1.82) is 0 Å². The second-order valence-corrected chi connectivity index (χ2v) is 9.90. The molecule has 1 aliphatic heterocycles. The molecule has 1 saturated heterocycles. The zero-order valence-corrected chi connectivity index (χ0v) is 16.9. The summed E-state index contributed by atoms with van der Waals surface area (Å²) in [5.74, 6) is 0.834. The van der Waals surface area contributed by atoms with Crippen LogP contribution in [0.4, 0.5) is 0 Å². The van der Waals surface area contributed by atoms with Crippen LogP contribution in [0.1, 0.15) is 31.1 Å². The summed E-state index contributed by atoms with van der Waals surface area (Å²) in [7, 11) is -3.52. The summed E-state index contributed by atoms with van der Waals surface area (Å²) in [5.41, 5.74) is 0.857. The van der Waals surface area contributed by atoms with Crippen LogP contribution in [-0.4, -0.2) is 35.5 Å². The van der Waals surface area contributed by atoms with E-state index in [9.17, 15) is 8.42 Å². The van der Waals surface area contributed by atoms with Crippen LogP contribution in [0.15, 0.2) is 45.8 Å². The molecule has 1 aromatic carbocycles. The predicted octanol–water partition coefficient (Wildman–Crippen LogP) is 4.34. The van der Waals surface area contributed by atoms with Gasteiger partial charge in [0.1, 0.15) is 0 Å². The van der Waals surface area contributed by atoms with Crippen molar-refractivity contribution in [2.45, 2.75) is 44.0 Å². The highest BCUT2D eigenvalue weighted by Gasteiger charge is 2.33. The SMILES string of the molecule is Cc1sc(-c2nc(-c3ccccc3)no2)cc1S(=O)(=O)N1CCCCC1C. The number of aromatic nitrogens is 2. The normalized spacial score (nSPS) is 18.7. The predicted molar refractivity (Wildman–Crippen MR) is 105 cm³/mol. The standard InChI is InChI=1S/C19H21N3O3S2/c1-13-8-6-7-11-22(13)27(23,24)17-12-16(26-14(17)2)19-20-18(21-25-19)15-9-4-3-5-10-15/h3-5,9-10,12-13H,6-8,11H2,1-2H3. The molecule has 0 N–H and O–H groups in total. The topological polar surface area (TPSA) is 76.3 Å². The van der Waals surface area contributed by atoms with Crippen molar-refractivity contribution >= 4 is 21.4 Å². The monoisotopic (exact) mass is 403 g/mol. The number of aryl methyl sites for hydroxylation is 1. The number of sulfonamides is 1. The van der Waals surface area contributed by atoms with Crippen LogP contribution in [0.25, 0.3) is 22.2 Å².